The molecule has 3 saturated heterocycles. The molecule has 3 heterocycles. The molecule has 2 aromatic rings. The van der Waals surface area contributed by atoms with E-state index in [2.05, 4.69) is 16.0 Å². The molecule has 0 saturated carbocycles. The van der Waals surface area contributed by atoms with Crippen molar-refractivity contribution in [3.05, 3.63) is 65.7 Å². The van der Waals surface area contributed by atoms with Gasteiger partial charge < -0.3 is 35.8 Å². The highest BCUT2D eigenvalue weighted by Gasteiger charge is 2.42. The van der Waals surface area contributed by atoms with Gasteiger partial charge in [0, 0.05) is 44.7 Å². The van der Waals surface area contributed by atoms with Crippen LogP contribution in [0.2, 0.25) is 0 Å². The van der Waals surface area contributed by atoms with Crippen molar-refractivity contribution in [3.8, 4) is 5.75 Å². The van der Waals surface area contributed by atoms with Crippen molar-refractivity contribution in [1.82, 2.24) is 30.7 Å². The lowest BCUT2D eigenvalue weighted by atomic mass is 9.85. The molecular weight excluding hydrogens is 612 g/mol. The van der Waals surface area contributed by atoms with Gasteiger partial charge in [0.05, 0.1) is 6.04 Å². The number of piperazine rings is 1. The van der Waals surface area contributed by atoms with E-state index in [9.17, 15) is 29.1 Å². The Kier molecular flexibility index (Phi) is 11.0. The van der Waals surface area contributed by atoms with Crippen molar-refractivity contribution < 1.29 is 29.1 Å². The third kappa shape index (κ3) is 8.33. The standard InChI is InChI=1S/C36H48N6O6/c1-36(2,3)30(39-31(44)29-12-8-18-42(29)35(48)27-11-7-17-37-27)32(45)38-28(23-24-13-15-26(43)16-14-24)34(47)41-21-19-40(20-22-41)33(46)25-9-5-4-6-10-25/h4-6,9-10,13-16,27-30,37,43H,7-8,11-12,17-23H2,1-3H3,(H,38,45)(H,39,44). The maximum atomic E-state index is 14.0. The zero-order valence-corrected chi connectivity index (χ0v) is 28.1. The molecule has 0 bridgehead atoms. The third-order valence-corrected chi connectivity index (χ3v) is 9.50. The Morgan fingerprint density at radius 1 is 0.854 bits per heavy atom. The maximum Gasteiger partial charge on any atom is 0.253 e. The number of benzene rings is 2. The number of nitrogens with one attached hydrogen (secondary N) is 3. The molecule has 0 aromatic heterocycles. The molecule has 48 heavy (non-hydrogen) atoms. The minimum atomic E-state index is -0.984. The van der Waals surface area contributed by atoms with Gasteiger partial charge in [-0.2, -0.15) is 0 Å². The topological polar surface area (TPSA) is 151 Å². The predicted octanol–water partition coefficient (Wildman–Crippen LogP) is 1.68. The van der Waals surface area contributed by atoms with E-state index in [0.717, 1.165) is 24.9 Å². The van der Waals surface area contributed by atoms with Crippen molar-refractivity contribution in [3.63, 3.8) is 0 Å². The number of nitrogens with zero attached hydrogens (tertiary/aromatic N) is 3. The normalized spacial score (nSPS) is 21.0. The van der Waals surface area contributed by atoms with Crippen LogP contribution in [-0.2, 0) is 25.6 Å². The van der Waals surface area contributed by atoms with Crippen molar-refractivity contribution in [2.24, 2.45) is 5.41 Å². The molecule has 5 rings (SSSR count). The lowest BCUT2D eigenvalue weighted by Gasteiger charge is -2.38. The van der Waals surface area contributed by atoms with Gasteiger partial charge in [0.1, 0.15) is 23.9 Å². The van der Waals surface area contributed by atoms with E-state index in [1.807, 2.05) is 39.0 Å². The Bertz CT molecular complexity index is 1460. The Labute approximate surface area is 282 Å². The molecule has 0 spiro atoms. The highest BCUT2D eigenvalue weighted by Crippen LogP contribution is 2.24. The van der Waals surface area contributed by atoms with Crippen LogP contribution in [0.5, 0.6) is 5.75 Å². The summed E-state index contributed by atoms with van der Waals surface area (Å²) in [5.74, 6) is -1.26. The Balaban J connectivity index is 1.28. The minimum Gasteiger partial charge on any atom is -0.508 e. The molecular formula is C36H48N6O6. The van der Waals surface area contributed by atoms with Crippen LogP contribution in [0.3, 0.4) is 0 Å². The van der Waals surface area contributed by atoms with Crippen LogP contribution in [0.1, 0.15) is 62.4 Å². The predicted molar refractivity (Wildman–Crippen MR) is 180 cm³/mol. The zero-order valence-electron chi connectivity index (χ0n) is 28.1. The minimum absolute atomic E-state index is 0.0768. The van der Waals surface area contributed by atoms with Crippen molar-refractivity contribution >= 4 is 29.5 Å². The summed E-state index contributed by atoms with van der Waals surface area (Å²) in [6.07, 6.45) is 3.04. The maximum absolute atomic E-state index is 14.0. The average molecular weight is 661 g/mol. The van der Waals surface area contributed by atoms with Gasteiger partial charge in [0.25, 0.3) is 5.91 Å². The number of aromatic hydroxyl groups is 1. The first kappa shape index (κ1) is 34.9. The van der Waals surface area contributed by atoms with Crippen LogP contribution in [-0.4, -0.2) is 113 Å². The third-order valence-electron chi connectivity index (χ3n) is 9.50. The zero-order chi connectivity index (χ0) is 34.4. The number of phenols is 1. The average Bonchev–Trinajstić information content (AvgIpc) is 3.80. The number of carbonyl (C=O) groups excluding carboxylic acids is 5. The molecule has 0 aliphatic carbocycles. The fourth-order valence-electron chi connectivity index (χ4n) is 6.75. The van der Waals surface area contributed by atoms with Crippen LogP contribution in [0.15, 0.2) is 54.6 Å². The van der Waals surface area contributed by atoms with Crippen LogP contribution in [0.4, 0.5) is 0 Å². The summed E-state index contributed by atoms with van der Waals surface area (Å²) in [6, 6.07) is 12.6. The molecule has 4 N–H and O–H groups in total. The number of amides is 5. The van der Waals surface area contributed by atoms with Gasteiger partial charge in [-0.05, 0) is 67.5 Å². The number of hydrogen-bond acceptors (Lipinski definition) is 7. The summed E-state index contributed by atoms with van der Waals surface area (Å²) >= 11 is 0. The highest BCUT2D eigenvalue weighted by atomic mass is 16.3. The summed E-state index contributed by atoms with van der Waals surface area (Å²) in [5.41, 5.74) is 0.613. The fourth-order valence-corrected chi connectivity index (χ4v) is 6.75. The second-order valence-corrected chi connectivity index (χ2v) is 14.1. The summed E-state index contributed by atoms with van der Waals surface area (Å²) in [5, 5.41) is 18.9. The highest BCUT2D eigenvalue weighted by molar-refractivity contribution is 5.96. The van der Waals surface area contributed by atoms with Gasteiger partial charge in [-0.15, -0.1) is 0 Å². The first-order chi connectivity index (χ1) is 22.9. The number of phenolic OH excluding ortho intramolecular Hbond substituents is 1. The fraction of sp³-hybridized carbons (Fsp3) is 0.528. The monoisotopic (exact) mass is 660 g/mol. The van der Waals surface area contributed by atoms with Crippen LogP contribution in [0.25, 0.3) is 0 Å². The second-order valence-electron chi connectivity index (χ2n) is 14.1. The molecule has 2 aromatic carbocycles. The number of carbonyl (C=O) groups is 5. The molecule has 12 nitrogen and oxygen atoms in total. The van der Waals surface area contributed by atoms with Gasteiger partial charge >= 0.3 is 0 Å². The largest absolute Gasteiger partial charge is 0.508 e. The summed E-state index contributed by atoms with van der Waals surface area (Å²) in [6.45, 7) is 8.13. The number of hydrogen-bond donors (Lipinski definition) is 4. The van der Waals surface area contributed by atoms with E-state index in [1.54, 1.807) is 39.0 Å². The van der Waals surface area contributed by atoms with Gasteiger partial charge in [-0.1, -0.05) is 51.1 Å². The Hall–Kier alpha value is -4.45. The first-order valence-corrected chi connectivity index (χ1v) is 17.0. The molecule has 3 fully saturated rings. The first-order valence-electron chi connectivity index (χ1n) is 17.0. The smallest absolute Gasteiger partial charge is 0.253 e. The van der Waals surface area contributed by atoms with E-state index >= 15 is 0 Å². The van der Waals surface area contributed by atoms with Crippen LogP contribution in [0, 0.1) is 5.41 Å². The number of rotatable bonds is 9. The lowest BCUT2D eigenvalue weighted by molar-refractivity contribution is -0.142. The Morgan fingerprint density at radius 2 is 1.52 bits per heavy atom. The van der Waals surface area contributed by atoms with E-state index in [1.165, 1.54) is 12.1 Å². The molecule has 4 atom stereocenters. The number of likely N-dealkylation sites (tertiary alicyclic amines) is 1. The van der Waals surface area contributed by atoms with E-state index in [0.29, 0.717) is 51.1 Å². The van der Waals surface area contributed by atoms with Crippen molar-refractivity contribution in [2.45, 2.75) is 77.0 Å². The summed E-state index contributed by atoms with van der Waals surface area (Å²) in [4.78, 5) is 72.9. The summed E-state index contributed by atoms with van der Waals surface area (Å²) in [7, 11) is 0. The van der Waals surface area contributed by atoms with Gasteiger partial charge in [-0.25, -0.2) is 0 Å². The molecule has 0 radical (unpaired) electrons. The van der Waals surface area contributed by atoms with Crippen molar-refractivity contribution in [2.75, 3.05) is 39.3 Å². The quantitative estimate of drug-likeness (QED) is 0.320. The molecule has 3 aliphatic rings. The molecule has 258 valence electrons. The van der Waals surface area contributed by atoms with E-state index in [4.69, 9.17) is 0 Å². The molecule has 3 aliphatic heterocycles. The van der Waals surface area contributed by atoms with Gasteiger partial charge in [0.15, 0.2) is 0 Å². The van der Waals surface area contributed by atoms with Crippen molar-refractivity contribution in [1.29, 1.82) is 0 Å². The van der Waals surface area contributed by atoms with E-state index in [-0.39, 0.29) is 41.8 Å². The van der Waals surface area contributed by atoms with Gasteiger partial charge in [-0.3, -0.25) is 24.0 Å². The lowest BCUT2D eigenvalue weighted by Crippen LogP contribution is -2.62. The molecule has 4 unspecified atom stereocenters. The SMILES string of the molecule is CC(C)(C)C(NC(=O)C1CCCN1C(=O)C1CCCN1)C(=O)NC(Cc1ccc(O)cc1)C(=O)N1CCN(C(=O)c2ccccc2)CC1. The second kappa shape index (κ2) is 15.2. The summed E-state index contributed by atoms with van der Waals surface area (Å²) < 4.78 is 0. The van der Waals surface area contributed by atoms with Gasteiger partial charge in [0.2, 0.25) is 23.6 Å². The Morgan fingerprint density at radius 3 is 2.15 bits per heavy atom. The van der Waals surface area contributed by atoms with Crippen LogP contribution < -0.4 is 16.0 Å². The molecule has 12 heteroatoms. The van der Waals surface area contributed by atoms with Crippen LogP contribution >= 0.6 is 0 Å². The molecule has 5 amide bonds. The van der Waals surface area contributed by atoms with E-state index < -0.39 is 29.4 Å².